The highest BCUT2D eigenvalue weighted by molar-refractivity contribution is 6.30. The second-order valence-corrected chi connectivity index (χ2v) is 13.4. The zero-order valence-corrected chi connectivity index (χ0v) is 25.7. The number of anilines is 1. The van der Waals surface area contributed by atoms with Gasteiger partial charge in [0.15, 0.2) is 6.17 Å². The molecule has 2 aliphatic heterocycles. The fourth-order valence-electron chi connectivity index (χ4n) is 7.10. The zero-order valence-electron chi connectivity index (χ0n) is 24.9. The van der Waals surface area contributed by atoms with Gasteiger partial charge in [0.25, 0.3) is 0 Å². The highest BCUT2D eigenvalue weighted by atomic mass is 35.5. The maximum absolute atomic E-state index is 13.0. The molecule has 0 aromatic carbocycles. The van der Waals surface area contributed by atoms with E-state index in [0.717, 1.165) is 47.8 Å². The first-order valence-electron chi connectivity index (χ1n) is 15.6. The largest absolute Gasteiger partial charge is 0.427 e. The molecule has 2 aliphatic carbocycles. The van der Waals surface area contributed by atoms with Crippen LogP contribution < -0.4 is 15.7 Å². The highest BCUT2D eigenvalue weighted by Crippen LogP contribution is 2.39. The molecule has 11 nitrogen and oxygen atoms in total. The summed E-state index contributed by atoms with van der Waals surface area (Å²) in [6, 6.07) is 3.96. The van der Waals surface area contributed by atoms with Crippen molar-refractivity contribution in [3.8, 4) is 11.3 Å². The molecule has 0 bridgehead atoms. The number of nitrogens with zero attached hydrogens (tertiary/aromatic N) is 6. The molecule has 7 rings (SSSR count). The molecule has 12 heteroatoms. The molecule has 2 amide bonds. The van der Waals surface area contributed by atoms with Crippen molar-refractivity contribution in [2.24, 2.45) is 17.8 Å². The zero-order chi connectivity index (χ0) is 29.8. The summed E-state index contributed by atoms with van der Waals surface area (Å²) in [6.45, 7) is 8.89. The summed E-state index contributed by atoms with van der Waals surface area (Å²) >= 11 is 6.43. The molecule has 3 aromatic rings. The molecule has 43 heavy (non-hydrogen) atoms. The molecule has 0 radical (unpaired) electrons. The average Bonchev–Trinajstić information content (AvgIpc) is 3.65. The maximum atomic E-state index is 13.0. The monoisotopic (exact) mass is 606 g/mol. The van der Waals surface area contributed by atoms with Crippen LogP contribution in [-0.4, -0.2) is 61.6 Å². The van der Waals surface area contributed by atoms with Gasteiger partial charge in [0, 0.05) is 55.6 Å². The number of piperazine rings is 1. The predicted molar refractivity (Wildman–Crippen MR) is 163 cm³/mol. The molecule has 1 unspecified atom stereocenters. The third-order valence-electron chi connectivity index (χ3n) is 9.49. The number of hydrogen-bond donors (Lipinski definition) is 2. The Labute approximate surface area is 256 Å². The first-order chi connectivity index (χ1) is 20.7. The molecule has 2 N–H and O–H groups in total. The fraction of sp³-hybridized carbons (Fsp3) is 0.581. The van der Waals surface area contributed by atoms with E-state index >= 15 is 0 Å². The van der Waals surface area contributed by atoms with Gasteiger partial charge in [-0.1, -0.05) is 31.4 Å². The van der Waals surface area contributed by atoms with E-state index in [0.29, 0.717) is 41.3 Å². The minimum atomic E-state index is -0.619. The number of fused-ring (bicyclic) bond motifs is 1. The van der Waals surface area contributed by atoms with Gasteiger partial charge in [-0.2, -0.15) is 0 Å². The number of hydrogen-bond acceptors (Lipinski definition) is 8. The third-order valence-corrected chi connectivity index (χ3v) is 9.70. The van der Waals surface area contributed by atoms with Crippen molar-refractivity contribution in [3.63, 3.8) is 0 Å². The van der Waals surface area contributed by atoms with E-state index in [9.17, 15) is 9.59 Å². The fourth-order valence-corrected chi connectivity index (χ4v) is 7.28. The Morgan fingerprint density at radius 2 is 1.77 bits per heavy atom. The van der Waals surface area contributed by atoms with Gasteiger partial charge in [0.2, 0.25) is 11.9 Å². The molecule has 2 saturated carbocycles. The van der Waals surface area contributed by atoms with Gasteiger partial charge in [-0.05, 0) is 63.5 Å². The standard InChI is InChI=1S/C31H39ClN8O3/c1-17-4-6-20(7-5-17)16-39-27-24(35-30(39)40-18(2)14-38(15-19(40)3)29(41)21-8-9-21)11-25(28-36-31(42)43-37-28)34-26(27)22-10-23(32)13-33-12-22/h10-13,17-21,28,37H,4-9,14-16H2,1-3H3,(H,36,42)/t17?,18-,19-,20?,28?/m1/s1. The number of rotatable bonds is 6. The average molecular weight is 607 g/mol. The molecule has 4 aliphatic rings. The summed E-state index contributed by atoms with van der Waals surface area (Å²) in [6.07, 6.45) is 9.00. The van der Waals surface area contributed by atoms with Crippen molar-refractivity contribution in [3.05, 3.63) is 35.2 Å². The third kappa shape index (κ3) is 5.53. The van der Waals surface area contributed by atoms with Crippen LogP contribution in [0.4, 0.5) is 10.7 Å². The highest BCUT2D eigenvalue weighted by Gasteiger charge is 2.40. The van der Waals surface area contributed by atoms with Crippen molar-refractivity contribution in [2.45, 2.75) is 84.1 Å². The first kappa shape index (κ1) is 28.3. The van der Waals surface area contributed by atoms with E-state index in [2.05, 4.69) is 50.9 Å². The molecule has 228 valence electrons. The van der Waals surface area contributed by atoms with Crippen molar-refractivity contribution in [1.82, 2.24) is 35.2 Å². The van der Waals surface area contributed by atoms with Crippen LogP contribution in [0.15, 0.2) is 24.5 Å². The molecule has 0 spiro atoms. The van der Waals surface area contributed by atoms with Crippen molar-refractivity contribution < 1.29 is 14.4 Å². The van der Waals surface area contributed by atoms with Gasteiger partial charge < -0.3 is 19.2 Å². The van der Waals surface area contributed by atoms with Crippen LogP contribution in [0.2, 0.25) is 5.02 Å². The van der Waals surface area contributed by atoms with Gasteiger partial charge in [0.05, 0.1) is 27.4 Å². The van der Waals surface area contributed by atoms with E-state index < -0.39 is 12.3 Å². The lowest BCUT2D eigenvalue weighted by Gasteiger charge is -2.45. The predicted octanol–water partition coefficient (Wildman–Crippen LogP) is 5.05. The molecular formula is C31H39ClN8O3. The number of imidazole rings is 1. The van der Waals surface area contributed by atoms with Crippen LogP contribution in [0.25, 0.3) is 22.3 Å². The number of carbonyl (C=O) groups is 2. The summed E-state index contributed by atoms with van der Waals surface area (Å²) in [7, 11) is 0. The molecule has 2 saturated heterocycles. The number of amides is 2. The molecule has 3 atom stereocenters. The number of nitrogens with one attached hydrogen (secondary N) is 2. The Bertz CT molecular complexity index is 1540. The van der Waals surface area contributed by atoms with E-state index in [4.69, 9.17) is 26.4 Å². The van der Waals surface area contributed by atoms with Crippen molar-refractivity contribution in [1.29, 1.82) is 0 Å². The lowest BCUT2D eigenvalue weighted by atomic mass is 9.83. The smallest absolute Gasteiger partial charge is 0.351 e. The molecule has 4 fully saturated rings. The van der Waals surface area contributed by atoms with Crippen LogP contribution in [0, 0.1) is 17.8 Å². The summed E-state index contributed by atoms with van der Waals surface area (Å²) in [5.74, 6) is 2.66. The van der Waals surface area contributed by atoms with Gasteiger partial charge in [-0.25, -0.2) is 14.8 Å². The lowest BCUT2D eigenvalue weighted by molar-refractivity contribution is -0.133. The lowest BCUT2D eigenvalue weighted by Crippen LogP contribution is -2.59. The number of aromatic nitrogens is 4. The minimum absolute atomic E-state index is 0.0845. The normalized spacial score (nSPS) is 27.8. The van der Waals surface area contributed by atoms with Crippen LogP contribution in [0.5, 0.6) is 0 Å². The minimum Gasteiger partial charge on any atom is -0.351 e. The van der Waals surface area contributed by atoms with Crippen LogP contribution in [0.1, 0.15) is 71.2 Å². The van der Waals surface area contributed by atoms with Crippen LogP contribution >= 0.6 is 11.6 Å². The van der Waals surface area contributed by atoms with E-state index in [-0.39, 0.29) is 18.0 Å². The summed E-state index contributed by atoms with van der Waals surface area (Å²) in [5, 5.41) is 3.28. The van der Waals surface area contributed by atoms with Crippen LogP contribution in [-0.2, 0) is 16.2 Å². The molecule has 3 aromatic heterocycles. The second kappa shape index (κ2) is 11.2. The Kier molecular flexibility index (Phi) is 7.41. The molecule has 5 heterocycles. The Hall–Kier alpha value is -3.44. The maximum Gasteiger partial charge on any atom is 0.427 e. The summed E-state index contributed by atoms with van der Waals surface area (Å²) in [5.41, 5.74) is 6.48. The van der Waals surface area contributed by atoms with E-state index in [1.807, 2.05) is 12.1 Å². The van der Waals surface area contributed by atoms with Crippen molar-refractivity contribution in [2.75, 3.05) is 18.0 Å². The second-order valence-electron chi connectivity index (χ2n) is 13.0. The Morgan fingerprint density at radius 3 is 2.42 bits per heavy atom. The quantitative estimate of drug-likeness (QED) is 0.400. The van der Waals surface area contributed by atoms with Crippen molar-refractivity contribution >= 4 is 40.6 Å². The van der Waals surface area contributed by atoms with Gasteiger partial charge in [-0.3, -0.25) is 15.1 Å². The number of pyridine rings is 2. The topological polar surface area (TPSA) is 118 Å². The number of hydroxylamine groups is 1. The SMILES string of the molecule is CC1CCC(Cn2c(N3[C@H](C)CN(C(=O)C4CC4)C[C@H]3C)nc3cc(C4NOC(=O)N4)nc(-c4cncc(Cl)c4)c32)CC1. The Morgan fingerprint density at radius 1 is 1.02 bits per heavy atom. The van der Waals surface area contributed by atoms with Crippen LogP contribution in [0.3, 0.4) is 0 Å². The van der Waals surface area contributed by atoms with E-state index in [1.165, 1.54) is 25.7 Å². The number of carbonyl (C=O) groups excluding carboxylic acids is 2. The Balaban J connectivity index is 1.36. The van der Waals surface area contributed by atoms with E-state index in [1.54, 1.807) is 12.4 Å². The van der Waals surface area contributed by atoms with Gasteiger partial charge in [-0.15, -0.1) is 5.48 Å². The number of halogens is 1. The van der Waals surface area contributed by atoms with Gasteiger partial charge >= 0.3 is 6.09 Å². The molecular weight excluding hydrogens is 568 g/mol. The summed E-state index contributed by atoms with van der Waals surface area (Å²) < 4.78 is 2.35. The first-order valence-corrected chi connectivity index (χ1v) is 15.9. The van der Waals surface area contributed by atoms with Gasteiger partial charge in [0.1, 0.15) is 0 Å². The summed E-state index contributed by atoms with van der Waals surface area (Å²) in [4.78, 5) is 49.1.